The smallest absolute Gasteiger partial charge is 0.248 e. The Kier molecular flexibility index (Phi) is 6.87. The van der Waals surface area contributed by atoms with Gasteiger partial charge in [0.15, 0.2) is 0 Å². The number of aryl methyl sites for hydroxylation is 1. The minimum Gasteiger partial charge on any atom is -0.248 e. The van der Waals surface area contributed by atoms with E-state index in [0.717, 1.165) is 48.1 Å². The molecule has 2 aliphatic rings. The molecule has 36 heavy (non-hydrogen) atoms. The third-order valence-electron chi connectivity index (χ3n) is 6.69. The lowest BCUT2D eigenvalue weighted by molar-refractivity contribution is 0.456. The molecule has 0 spiro atoms. The molecule has 0 bridgehead atoms. The van der Waals surface area contributed by atoms with Crippen molar-refractivity contribution in [2.45, 2.75) is 49.5 Å². The van der Waals surface area contributed by atoms with Gasteiger partial charge in [-0.1, -0.05) is 73.0 Å². The van der Waals surface area contributed by atoms with Crippen molar-refractivity contribution in [2.75, 3.05) is 6.54 Å². The number of aliphatic imine (C=N–C) groups is 1. The van der Waals surface area contributed by atoms with Crippen LogP contribution in [-0.4, -0.2) is 37.7 Å². The van der Waals surface area contributed by atoms with Crippen LogP contribution in [-0.2, 0) is 10.0 Å². The van der Waals surface area contributed by atoms with Gasteiger partial charge in [0.25, 0.3) is 10.0 Å². The highest BCUT2D eigenvalue weighted by Gasteiger charge is 2.33. The highest BCUT2D eigenvalue weighted by molar-refractivity contribution is 7.90. The third kappa shape index (κ3) is 5.33. The van der Waals surface area contributed by atoms with E-state index in [2.05, 4.69) is 4.72 Å². The number of hydrogen-bond acceptors (Lipinski definition) is 4. The summed E-state index contributed by atoms with van der Waals surface area (Å²) in [5.41, 5.74) is 3.56. The van der Waals surface area contributed by atoms with Crippen molar-refractivity contribution in [1.29, 1.82) is 0 Å². The second kappa shape index (κ2) is 10.2. The van der Waals surface area contributed by atoms with Crippen LogP contribution in [0.15, 0.2) is 93.9 Å². The Morgan fingerprint density at radius 1 is 1.00 bits per heavy atom. The van der Waals surface area contributed by atoms with E-state index in [4.69, 9.17) is 10.1 Å². The second-order valence-electron chi connectivity index (χ2n) is 9.35. The highest BCUT2D eigenvalue weighted by Crippen LogP contribution is 2.30. The molecule has 188 valence electrons. The van der Waals surface area contributed by atoms with Gasteiger partial charge in [0.1, 0.15) is 5.82 Å². The van der Waals surface area contributed by atoms with E-state index in [1.165, 1.54) is 12.1 Å². The zero-order valence-electron chi connectivity index (χ0n) is 20.1. The van der Waals surface area contributed by atoms with Gasteiger partial charge in [-0.25, -0.2) is 27.5 Å². The van der Waals surface area contributed by atoms with E-state index in [-0.39, 0.29) is 30.1 Å². The fourth-order valence-corrected chi connectivity index (χ4v) is 5.72. The fourth-order valence-electron chi connectivity index (χ4n) is 4.71. The molecule has 5 rings (SSSR count). The molecule has 1 aliphatic heterocycles. The van der Waals surface area contributed by atoms with Crippen LogP contribution in [0.1, 0.15) is 49.7 Å². The first-order valence-corrected chi connectivity index (χ1v) is 13.7. The summed E-state index contributed by atoms with van der Waals surface area (Å²) in [6, 6.07) is 22.9. The molecule has 0 aromatic heterocycles. The summed E-state index contributed by atoms with van der Waals surface area (Å²) in [5.74, 6) is -0.227. The van der Waals surface area contributed by atoms with E-state index in [1.807, 2.05) is 37.3 Å². The van der Waals surface area contributed by atoms with Crippen LogP contribution in [0.25, 0.3) is 0 Å². The van der Waals surface area contributed by atoms with Crippen molar-refractivity contribution < 1.29 is 14.2 Å². The quantitative estimate of drug-likeness (QED) is 0.369. The molecule has 1 atom stereocenters. The predicted octanol–water partition coefficient (Wildman–Crippen LogP) is 5.46. The first-order chi connectivity index (χ1) is 17.4. The Balaban J connectivity index is 0.00000320. The second-order valence-corrected chi connectivity index (χ2v) is 11.0. The summed E-state index contributed by atoms with van der Waals surface area (Å²) >= 11 is 0. The Morgan fingerprint density at radius 3 is 2.33 bits per heavy atom. The number of benzene rings is 3. The summed E-state index contributed by atoms with van der Waals surface area (Å²) in [7, 11) is -3.87. The van der Waals surface area contributed by atoms with Gasteiger partial charge in [-0.2, -0.15) is 5.10 Å². The summed E-state index contributed by atoms with van der Waals surface area (Å²) < 4.78 is 43.0. The largest absolute Gasteiger partial charge is 0.264 e. The number of nitrogens with zero attached hydrogens (tertiary/aromatic N) is 3. The summed E-state index contributed by atoms with van der Waals surface area (Å²) in [6.07, 6.45) is 3.98. The van der Waals surface area contributed by atoms with Crippen molar-refractivity contribution in [3.8, 4) is 0 Å². The molecule has 0 amide bonds. The van der Waals surface area contributed by atoms with Crippen LogP contribution in [0.4, 0.5) is 4.39 Å². The van der Waals surface area contributed by atoms with Gasteiger partial charge in [-0.15, -0.1) is 0 Å². The van der Waals surface area contributed by atoms with Gasteiger partial charge < -0.3 is 0 Å². The lowest BCUT2D eigenvalue weighted by Gasteiger charge is -2.21. The van der Waals surface area contributed by atoms with Gasteiger partial charge >= 0.3 is 0 Å². The molecule has 1 fully saturated rings. The lowest BCUT2D eigenvalue weighted by Crippen LogP contribution is -2.42. The molecule has 6 nitrogen and oxygen atoms in total. The zero-order valence-corrected chi connectivity index (χ0v) is 21.0. The number of guanidine groups is 1. The van der Waals surface area contributed by atoms with Crippen molar-refractivity contribution in [2.24, 2.45) is 10.1 Å². The van der Waals surface area contributed by atoms with Crippen LogP contribution in [0.3, 0.4) is 0 Å². The van der Waals surface area contributed by atoms with Gasteiger partial charge in [-0.05, 0) is 55.2 Å². The van der Waals surface area contributed by atoms with E-state index in [9.17, 15) is 12.8 Å². The maximum atomic E-state index is 13.7. The third-order valence-corrected chi connectivity index (χ3v) is 8.03. The standard InChI is InChI=1S/C28H29FN4O2S.H2/c1-20-11-17-25(18-12-20)36(34,35)32-28(30-24-9-5-6-10-24)33-19-26(21-7-3-2-4-8-21)27(31-33)22-13-15-23(29)16-14-22;/h2-4,7-8,11-18,24,26H,5-6,9-10,19H2,1H3,(H,30,32);1H/t26-;/m0./s1. The average Bonchev–Trinajstić information content (AvgIpc) is 3.55. The van der Waals surface area contributed by atoms with Crippen LogP contribution in [0.2, 0.25) is 0 Å². The molecule has 0 saturated heterocycles. The molecule has 0 radical (unpaired) electrons. The van der Waals surface area contributed by atoms with Gasteiger partial charge in [-0.3, -0.25) is 0 Å². The van der Waals surface area contributed by atoms with Crippen molar-refractivity contribution in [1.82, 2.24) is 9.73 Å². The SMILES string of the molecule is Cc1ccc(S(=O)(=O)NC(=NC2CCCC2)N2C[C@@H](c3ccccc3)C(c3ccc(F)cc3)=N2)cc1.[HH]. The maximum absolute atomic E-state index is 13.7. The molecule has 1 heterocycles. The Morgan fingerprint density at radius 2 is 1.67 bits per heavy atom. The Bertz CT molecular complexity index is 1370. The molecule has 8 heteroatoms. The summed E-state index contributed by atoms with van der Waals surface area (Å²) in [5, 5.41) is 6.50. The first-order valence-electron chi connectivity index (χ1n) is 12.2. The van der Waals surface area contributed by atoms with Crippen LogP contribution < -0.4 is 4.72 Å². The predicted molar refractivity (Wildman–Crippen MR) is 142 cm³/mol. The molecular formula is C28H31FN4O2S. The number of hydrazone groups is 1. The van der Waals surface area contributed by atoms with Crippen LogP contribution in [0.5, 0.6) is 0 Å². The average molecular weight is 507 g/mol. The van der Waals surface area contributed by atoms with Gasteiger partial charge in [0.2, 0.25) is 5.96 Å². The molecule has 1 saturated carbocycles. The van der Waals surface area contributed by atoms with Crippen molar-refractivity contribution >= 4 is 21.7 Å². The highest BCUT2D eigenvalue weighted by atomic mass is 32.2. The number of nitrogens with one attached hydrogen (secondary N) is 1. The van der Waals surface area contributed by atoms with E-state index in [0.29, 0.717) is 6.54 Å². The molecule has 1 N–H and O–H groups in total. The first kappa shape index (κ1) is 24.2. The maximum Gasteiger partial charge on any atom is 0.264 e. The Hall–Kier alpha value is -3.52. The summed E-state index contributed by atoms with van der Waals surface area (Å²) in [4.78, 5) is 5.02. The number of sulfonamides is 1. The van der Waals surface area contributed by atoms with Crippen LogP contribution >= 0.6 is 0 Å². The number of halogens is 1. The van der Waals surface area contributed by atoms with Gasteiger partial charge in [0.05, 0.1) is 23.2 Å². The Labute approximate surface area is 213 Å². The lowest BCUT2D eigenvalue weighted by atomic mass is 9.91. The monoisotopic (exact) mass is 506 g/mol. The minimum absolute atomic E-state index is 0. The molecule has 0 unspecified atom stereocenters. The molecular weight excluding hydrogens is 475 g/mol. The van der Waals surface area contributed by atoms with Gasteiger partial charge in [0, 0.05) is 7.34 Å². The normalized spacial score (nSPS) is 18.9. The molecule has 3 aromatic rings. The molecule has 3 aromatic carbocycles. The number of hydrogen-bond donors (Lipinski definition) is 1. The fraction of sp³-hybridized carbons (Fsp3) is 0.286. The van der Waals surface area contributed by atoms with Crippen LogP contribution in [0, 0.1) is 12.7 Å². The minimum atomic E-state index is -3.87. The summed E-state index contributed by atoms with van der Waals surface area (Å²) in [6.45, 7) is 2.33. The molecule has 1 aliphatic carbocycles. The van der Waals surface area contributed by atoms with E-state index < -0.39 is 10.0 Å². The zero-order chi connectivity index (χ0) is 25.1. The van der Waals surface area contributed by atoms with E-state index in [1.54, 1.807) is 41.4 Å². The van der Waals surface area contributed by atoms with Crippen molar-refractivity contribution in [3.05, 3.63) is 101 Å². The number of rotatable bonds is 5. The van der Waals surface area contributed by atoms with E-state index >= 15 is 0 Å². The van der Waals surface area contributed by atoms with Crippen molar-refractivity contribution in [3.63, 3.8) is 0 Å². The topological polar surface area (TPSA) is 74.1 Å².